The third kappa shape index (κ3) is 4.55. The summed E-state index contributed by atoms with van der Waals surface area (Å²) in [4.78, 5) is 19.4. The molecule has 160 valence electrons. The number of piperidine rings is 1. The number of carbonyl (C=O) groups is 1. The maximum Gasteiger partial charge on any atom is 0.244 e. The quantitative estimate of drug-likeness (QED) is 0.661. The lowest BCUT2D eigenvalue weighted by Crippen LogP contribution is -2.40. The van der Waals surface area contributed by atoms with E-state index in [1.807, 2.05) is 24.0 Å². The Labute approximate surface area is 182 Å². The molecule has 0 spiro atoms. The average Bonchev–Trinajstić information content (AvgIpc) is 2.79. The fraction of sp³-hybridized carbons (Fsp3) is 0.455. The lowest BCUT2D eigenvalue weighted by atomic mass is 10.00. The van der Waals surface area contributed by atoms with Gasteiger partial charge in [-0.05, 0) is 49.4 Å². The first-order valence-electron chi connectivity index (χ1n) is 10.4. The Hall–Kier alpha value is -1.90. The van der Waals surface area contributed by atoms with Gasteiger partial charge in [0, 0.05) is 32.4 Å². The van der Waals surface area contributed by atoms with Gasteiger partial charge in [0.05, 0.1) is 10.3 Å². The molecule has 1 amide bonds. The van der Waals surface area contributed by atoms with Crippen LogP contribution in [-0.2, 0) is 27.8 Å². The van der Waals surface area contributed by atoms with Crippen molar-refractivity contribution in [3.63, 3.8) is 0 Å². The highest BCUT2D eigenvalue weighted by Gasteiger charge is 2.28. The first-order chi connectivity index (χ1) is 14.4. The van der Waals surface area contributed by atoms with Gasteiger partial charge in [-0.2, -0.15) is 4.31 Å². The van der Waals surface area contributed by atoms with Gasteiger partial charge in [-0.15, -0.1) is 0 Å². The van der Waals surface area contributed by atoms with Gasteiger partial charge in [0.15, 0.2) is 0 Å². The van der Waals surface area contributed by atoms with Crippen LogP contribution in [0.15, 0.2) is 52.5 Å². The highest BCUT2D eigenvalue weighted by Crippen LogP contribution is 2.27. The van der Waals surface area contributed by atoms with Crippen molar-refractivity contribution in [2.75, 3.05) is 19.6 Å². The molecule has 0 aliphatic carbocycles. The summed E-state index contributed by atoms with van der Waals surface area (Å²) < 4.78 is 27.1. The number of hydrogen-bond acceptors (Lipinski definition) is 5. The van der Waals surface area contributed by atoms with E-state index in [0.717, 1.165) is 32.2 Å². The van der Waals surface area contributed by atoms with Crippen LogP contribution >= 0.6 is 11.8 Å². The highest BCUT2D eigenvalue weighted by molar-refractivity contribution is 8.00. The second-order valence-corrected chi connectivity index (χ2v) is 11.1. The summed E-state index contributed by atoms with van der Waals surface area (Å²) in [5, 5.41) is 0.373. The van der Waals surface area contributed by atoms with Gasteiger partial charge in [-0.1, -0.05) is 42.4 Å². The first-order valence-corrected chi connectivity index (χ1v) is 12.8. The normalized spacial score (nSPS) is 18.6. The second-order valence-electron chi connectivity index (χ2n) is 7.84. The van der Waals surface area contributed by atoms with Crippen LogP contribution < -0.4 is 0 Å². The number of nitrogens with zero attached hydrogens (tertiary/aromatic N) is 3. The number of carbonyl (C=O) groups excluding carboxylic acids is 1. The van der Waals surface area contributed by atoms with E-state index in [2.05, 4.69) is 17.1 Å². The molecule has 2 aromatic rings. The minimum Gasteiger partial charge on any atom is -0.337 e. The van der Waals surface area contributed by atoms with Gasteiger partial charge < -0.3 is 4.90 Å². The van der Waals surface area contributed by atoms with E-state index in [0.29, 0.717) is 24.7 Å². The van der Waals surface area contributed by atoms with Gasteiger partial charge >= 0.3 is 0 Å². The molecule has 1 atom stereocenters. The summed E-state index contributed by atoms with van der Waals surface area (Å²) in [6.07, 6.45) is 5.18. The smallest absolute Gasteiger partial charge is 0.244 e. The Bertz CT molecular complexity index is 1000. The van der Waals surface area contributed by atoms with Gasteiger partial charge in [0.1, 0.15) is 4.90 Å². The first kappa shape index (κ1) is 21.3. The summed E-state index contributed by atoms with van der Waals surface area (Å²) in [7, 11) is -3.48. The zero-order valence-corrected chi connectivity index (χ0v) is 18.8. The molecular weight excluding hydrogens is 418 g/mol. The maximum atomic E-state index is 12.9. The molecule has 1 aromatic heterocycles. The van der Waals surface area contributed by atoms with E-state index in [1.165, 1.54) is 29.1 Å². The van der Waals surface area contributed by atoms with Crippen molar-refractivity contribution in [2.24, 2.45) is 0 Å². The van der Waals surface area contributed by atoms with Crippen molar-refractivity contribution in [2.45, 2.75) is 54.3 Å². The molecule has 1 fully saturated rings. The van der Waals surface area contributed by atoms with Crippen molar-refractivity contribution < 1.29 is 13.2 Å². The van der Waals surface area contributed by atoms with Gasteiger partial charge in [-0.3, -0.25) is 4.79 Å². The predicted octanol–water partition coefficient (Wildman–Crippen LogP) is 3.32. The summed E-state index contributed by atoms with van der Waals surface area (Å²) >= 11 is 1.37. The van der Waals surface area contributed by atoms with Crippen LogP contribution in [0.25, 0.3) is 0 Å². The molecule has 4 rings (SSSR count). The van der Waals surface area contributed by atoms with Crippen LogP contribution in [0.1, 0.15) is 37.3 Å². The standard InChI is InChI=1S/C22H27N3O3S2/c1-17(22(26)24-14-11-18-7-3-4-8-19(18)16-24)29-21-10-9-20(15-23-21)30(27,28)25-12-5-2-6-13-25/h3-4,7-10,15,17H,2,5-6,11-14,16H2,1H3. The predicted molar refractivity (Wildman–Crippen MR) is 118 cm³/mol. The Balaban J connectivity index is 1.39. The zero-order valence-electron chi connectivity index (χ0n) is 17.2. The van der Waals surface area contributed by atoms with Crippen molar-refractivity contribution in [3.8, 4) is 0 Å². The van der Waals surface area contributed by atoms with Crippen LogP contribution in [-0.4, -0.2) is 53.4 Å². The molecule has 3 heterocycles. The fourth-order valence-electron chi connectivity index (χ4n) is 4.02. The van der Waals surface area contributed by atoms with Crippen molar-refractivity contribution in [1.29, 1.82) is 0 Å². The molecule has 0 N–H and O–H groups in total. The topological polar surface area (TPSA) is 70.6 Å². The lowest BCUT2D eigenvalue weighted by Gasteiger charge is -2.30. The number of sulfonamides is 1. The second kappa shape index (κ2) is 9.08. The number of benzene rings is 1. The number of fused-ring (bicyclic) bond motifs is 1. The SMILES string of the molecule is CC(Sc1ccc(S(=O)(=O)N2CCCCC2)cn1)C(=O)N1CCc2ccccc2C1. The molecule has 30 heavy (non-hydrogen) atoms. The lowest BCUT2D eigenvalue weighted by molar-refractivity contribution is -0.131. The van der Waals surface area contributed by atoms with Crippen LogP contribution in [0, 0.1) is 0 Å². The maximum absolute atomic E-state index is 12.9. The molecule has 2 aliphatic rings. The summed E-state index contributed by atoms with van der Waals surface area (Å²) in [6, 6.07) is 11.6. The summed E-state index contributed by atoms with van der Waals surface area (Å²) in [5.41, 5.74) is 2.52. The third-order valence-electron chi connectivity index (χ3n) is 5.75. The van der Waals surface area contributed by atoms with Gasteiger partial charge in [-0.25, -0.2) is 13.4 Å². The molecule has 0 saturated carbocycles. The minimum atomic E-state index is -3.48. The minimum absolute atomic E-state index is 0.0846. The molecule has 2 aliphatic heterocycles. The number of pyridine rings is 1. The molecule has 6 nitrogen and oxygen atoms in total. The molecule has 1 saturated heterocycles. The van der Waals surface area contributed by atoms with Crippen molar-refractivity contribution in [1.82, 2.24) is 14.2 Å². The Kier molecular flexibility index (Phi) is 6.46. The van der Waals surface area contributed by atoms with Crippen LogP contribution in [0.2, 0.25) is 0 Å². The van der Waals surface area contributed by atoms with Gasteiger partial charge in [0.25, 0.3) is 0 Å². The van der Waals surface area contributed by atoms with E-state index >= 15 is 0 Å². The Morgan fingerprint density at radius 1 is 1.03 bits per heavy atom. The molecule has 1 unspecified atom stereocenters. The monoisotopic (exact) mass is 445 g/mol. The Morgan fingerprint density at radius 3 is 2.47 bits per heavy atom. The van der Waals surface area contributed by atoms with Crippen LogP contribution in [0.4, 0.5) is 0 Å². The van der Waals surface area contributed by atoms with Crippen molar-refractivity contribution >= 4 is 27.7 Å². The van der Waals surface area contributed by atoms with E-state index in [-0.39, 0.29) is 16.1 Å². The van der Waals surface area contributed by atoms with Crippen LogP contribution in [0.3, 0.4) is 0 Å². The number of amides is 1. The highest BCUT2D eigenvalue weighted by atomic mass is 32.2. The zero-order chi connectivity index (χ0) is 21.1. The molecule has 0 radical (unpaired) electrons. The number of rotatable bonds is 5. The average molecular weight is 446 g/mol. The van der Waals surface area contributed by atoms with Gasteiger partial charge in [0.2, 0.25) is 15.9 Å². The van der Waals surface area contributed by atoms with E-state index in [9.17, 15) is 13.2 Å². The van der Waals surface area contributed by atoms with E-state index in [1.54, 1.807) is 16.4 Å². The van der Waals surface area contributed by atoms with Crippen molar-refractivity contribution in [3.05, 3.63) is 53.7 Å². The summed E-state index contributed by atoms with van der Waals surface area (Å²) in [6.45, 7) is 4.39. The van der Waals surface area contributed by atoms with E-state index in [4.69, 9.17) is 0 Å². The Morgan fingerprint density at radius 2 is 1.77 bits per heavy atom. The summed E-state index contributed by atoms with van der Waals surface area (Å²) in [5.74, 6) is 0.0846. The molecule has 8 heteroatoms. The third-order valence-corrected chi connectivity index (χ3v) is 8.67. The van der Waals surface area contributed by atoms with E-state index < -0.39 is 10.0 Å². The largest absolute Gasteiger partial charge is 0.337 e. The fourth-order valence-corrected chi connectivity index (χ4v) is 6.35. The molecule has 0 bridgehead atoms. The van der Waals surface area contributed by atoms with Crippen LogP contribution in [0.5, 0.6) is 0 Å². The number of hydrogen-bond donors (Lipinski definition) is 0. The number of aromatic nitrogens is 1. The number of thioether (sulfide) groups is 1. The molecule has 1 aromatic carbocycles. The molecular formula is C22H27N3O3S2.